The van der Waals surface area contributed by atoms with Crippen LogP contribution in [0.25, 0.3) is 21.5 Å². The number of ether oxygens (including phenoxy) is 6. The minimum Gasteiger partial charge on any atom is -0.494 e. The fourth-order valence-corrected chi connectivity index (χ4v) is 5.85. The van der Waals surface area contributed by atoms with Crippen molar-refractivity contribution >= 4 is 21.5 Å². The van der Waals surface area contributed by atoms with Crippen molar-refractivity contribution in [1.82, 2.24) is 0 Å². The Labute approximate surface area is 274 Å². The molecule has 0 N–H and O–H groups in total. The fraction of sp³-hybridized carbons (Fsp3) is 0.500. The lowest BCUT2D eigenvalue weighted by atomic mass is 10.1. The van der Waals surface area contributed by atoms with E-state index in [0.717, 1.165) is 85.9 Å². The van der Waals surface area contributed by atoms with Crippen LogP contribution in [0.5, 0.6) is 23.0 Å². The maximum Gasteiger partial charge on any atom is 0.119 e. The lowest BCUT2D eigenvalue weighted by molar-refractivity contribution is 0.267. The van der Waals surface area contributed by atoms with E-state index >= 15 is 0 Å². The Bertz CT molecular complexity index is 1380. The molecule has 0 saturated carbocycles. The van der Waals surface area contributed by atoms with Gasteiger partial charge in [-0.1, -0.05) is 62.8 Å². The Balaban J connectivity index is 0.829. The maximum atomic E-state index is 6.05. The van der Waals surface area contributed by atoms with Crippen molar-refractivity contribution in [1.29, 1.82) is 0 Å². The van der Waals surface area contributed by atoms with E-state index in [1.165, 1.54) is 62.1 Å². The van der Waals surface area contributed by atoms with Gasteiger partial charge in [-0.05, 0) is 109 Å². The van der Waals surface area contributed by atoms with Crippen LogP contribution in [0.15, 0.2) is 72.8 Å². The molecule has 4 aromatic rings. The summed E-state index contributed by atoms with van der Waals surface area (Å²) in [5, 5.41) is 4.67. The van der Waals surface area contributed by atoms with Crippen LogP contribution in [0.4, 0.5) is 0 Å². The number of benzene rings is 4. The van der Waals surface area contributed by atoms with E-state index in [4.69, 9.17) is 28.4 Å². The van der Waals surface area contributed by atoms with Crippen LogP contribution in [0.3, 0.4) is 0 Å². The number of fused-ring (bicyclic) bond motifs is 2. The second-order valence-electron chi connectivity index (χ2n) is 12.8. The third-order valence-electron chi connectivity index (χ3n) is 8.83. The largest absolute Gasteiger partial charge is 0.494 e. The first-order chi connectivity index (χ1) is 22.8. The number of epoxide rings is 2. The van der Waals surface area contributed by atoms with Gasteiger partial charge in [0.05, 0.1) is 51.8 Å². The normalized spacial score (nSPS) is 16.9. The second kappa shape index (κ2) is 17.4. The van der Waals surface area contributed by atoms with E-state index in [-0.39, 0.29) is 0 Å². The number of unbranched alkanes of at least 4 members (excludes halogenated alkanes) is 7. The average Bonchev–Trinajstić information content (AvgIpc) is 4.02. The monoisotopic (exact) mass is 626 g/mol. The van der Waals surface area contributed by atoms with Gasteiger partial charge < -0.3 is 28.4 Å². The molecule has 246 valence electrons. The van der Waals surface area contributed by atoms with Gasteiger partial charge >= 0.3 is 0 Å². The van der Waals surface area contributed by atoms with Crippen LogP contribution in [-0.2, 0) is 9.47 Å². The van der Waals surface area contributed by atoms with E-state index in [0.29, 0.717) is 25.4 Å². The molecule has 6 nitrogen and oxygen atoms in total. The van der Waals surface area contributed by atoms with E-state index in [9.17, 15) is 0 Å². The van der Waals surface area contributed by atoms with E-state index in [2.05, 4.69) is 60.7 Å². The summed E-state index contributed by atoms with van der Waals surface area (Å²) in [6, 6.07) is 25.1. The minimum absolute atomic E-state index is 0.556. The van der Waals surface area contributed by atoms with Gasteiger partial charge in [0.25, 0.3) is 0 Å². The van der Waals surface area contributed by atoms with Gasteiger partial charge in [0.2, 0.25) is 0 Å². The van der Waals surface area contributed by atoms with Crippen molar-refractivity contribution < 1.29 is 28.4 Å². The third kappa shape index (κ3) is 11.1. The molecule has 0 aromatic heterocycles. The zero-order valence-electron chi connectivity index (χ0n) is 27.3. The molecular formula is C40H50O6. The summed E-state index contributed by atoms with van der Waals surface area (Å²) < 4.78 is 34.6. The Morgan fingerprint density at radius 3 is 0.978 bits per heavy atom. The highest BCUT2D eigenvalue weighted by molar-refractivity contribution is 5.86. The Kier molecular flexibility index (Phi) is 12.3. The molecule has 2 aliphatic heterocycles. The summed E-state index contributed by atoms with van der Waals surface area (Å²) in [7, 11) is 0. The van der Waals surface area contributed by atoms with Crippen molar-refractivity contribution in [2.75, 3.05) is 39.6 Å². The van der Waals surface area contributed by atoms with E-state index in [1.807, 2.05) is 12.1 Å². The summed E-state index contributed by atoms with van der Waals surface area (Å²) in [4.78, 5) is 0. The second-order valence-corrected chi connectivity index (χ2v) is 12.8. The van der Waals surface area contributed by atoms with Crippen LogP contribution < -0.4 is 18.9 Å². The molecular weight excluding hydrogens is 576 g/mol. The molecule has 0 aliphatic carbocycles. The number of hydrogen-bond donors (Lipinski definition) is 0. The average molecular weight is 627 g/mol. The van der Waals surface area contributed by atoms with Gasteiger partial charge in [-0.3, -0.25) is 0 Å². The molecule has 2 saturated heterocycles. The number of rotatable bonds is 23. The zero-order chi connectivity index (χ0) is 31.2. The van der Waals surface area contributed by atoms with Crippen molar-refractivity contribution in [3.05, 3.63) is 72.8 Å². The van der Waals surface area contributed by atoms with Gasteiger partial charge in [0.15, 0.2) is 0 Å². The zero-order valence-corrected chi connectivity index (χ0v) is 27.3. The van der Waals surface area contributed by atoms with Gasteiger partial charge in [0, 0.05) is 0 Å². The molecule has 2 fully saturated rings. The molecule has 4 aromatic carbocycles. The Morgan fingerprint density at radius 1 is 0.391 bits per heavy atom. The number of hydrogen-bond acceptors (Lipinski definition) is 6. The van der Waals surface area contributed by atoms with Crippen LogP contribution in [0.1, 0.15) is 77.0 Å². The minimum atomic E-state index is 0.556. The summed E-state index contributed by atoms with van der Waals surface area (Å²) in [6.45, 7) is 4.81. The molecule has 0 amide bonds. The fourth-order valence-electron chi connectivity index (χ4n) is 5.85. The van der Waals surface area contributed by atoms with Crippen molar-refractivity contribution in [2.24, 2.45) is 0 Å². The molecule has 2 unspecified atom stereocenters. The highest BCUT2D eigenvalue weighted by Crippen LogP contribution is 2.27. The van der Waals surface area contributed by atoms with E-state index in [1.54, 1.807) is 0 Å². The lowest BCUT2D eigenvalue weighted by Crippen LogP contribution is -2.02. The molecule has 0 spiro atoms. The SMILES string of the molecule is c1cc2cc(OCCCCOc3ccc4cc(OCCCCCCC5CO5)ccc4c3)ccc2cc1OCCCCCCC1CO1. The third-order valence-corrected chi connectivity index (χ3v) is 8.83. The van der Waals surface area contributed by atoms with Gasteiger partial charge in [0.1, 0.15) is 23.0 Å². The Hall–Kier alpha value is -3.48. The first-order valence-electron chi connectivity index (χ1n) is 17.6. The first-order valence-corrected chi connectivity index (χ1v) is 17.6. The van der Waals surface area contributed by atoms with Crippen molar-refractivity contribution in [3.63, 3.8) is 0 Å². The molecule has 0 bridgehead atoms. The Morgan fingerprint density at radius 2 is 0.674 bits per heavy atom. The lowest BCUT2D eigenvalue weighted by Gasteiger charge is -2.11. The smallest absolute Gasteiger partial charge is 0.119 e. The molecule has 0 radical (unpaired) electrons. The van der Waals surface area contributed by atoms with Crippen LogP contribution in [-0.4, -0.2) is 51.8 Å². The van der Waals surface area contributed by atoms with Crippen molar-refractivity contribution in [3.8, 4) is 23.0 Å². The van der Waals surface area contributed by atoms with Crippen LogP contribution in [0.2, 0.25) is 0 Å². The van der Waals surface area contributed by atoms with E-state index < -0.39 is 0 Å². The molecule has 2 atom stereocenters. The van der Waals surface area contributed by atoms with Crippen LogP contribution >= 0.6 is 0 Å². The summed E-state index contributed by atoms with van der Waals surface area (Å²) in [5.41, 5.74) is 0. The molecule has 6 rings (SSSR count). The summed E-state index contributed by atoms with van der Waals surface area (Å²) in [5.74, 6) is 3.67. The maximum absolute atomic E-state index is 6.05. The highest BCUT2D eigenvalue weighted by Gasteiger charge is 2.21. The molecule has 6 heteroatoms. The predicted octanol–water partition coefficient (Wildman–Crippen LogP) is 9.69. The molecule has 46 heavy (non-hydrogen) atoms. The quantitative estimate of drug-likeness (QED) is 0.0603. The molecule has 2 aliphatic rings. The van der Waals surface area contributed by atoms with Crippen molar-refractivity contribution in [2.45, 2.75) is 89.3 Å². The summed E-state index contributed by atoms with van der Waals surface area (Å²) >= 11 is 0. The summed E-state index contributed by atoms with van der Waals surface area (Å²) in [6.07, 6.45) is 15.1. The molecule has 2 heterocycles. The van der Waals surface area contributed by atoms with Gasteiger partial charge in [-0.2, -0.15) is 0 Å². The van der Waals surface area contributed by atoms with Crippen LogP contribution in [0, 0.1) is 0 Å². The standard InChI is InChI=1S/C40H50O6/c1(5-11-39-29-45-39)3-7-21-41-35-17-13-33-27-37(19-15-31(33)25-35)43-23-9-10-24-44-38-20-16-32-26-36(18-14-34(32)28-38)42-22-8-4-2-6-12-40-30-46-40/h13-20,25-28,39-40H,1-12,21-24,29-30H2. The van der Waals surface area contributed by atoms with Gasteiger partial charge in [-0.15, -0.1) is 0 Å². The topological polar surface area (TPSA) is 62.0 Å². The van der Waals surface area contributed by atoms with Gasteiger partial charge in [-0.25, -0.2) is 0 Å². The highest BCUT2D eigenvalue weighted by atomic mass is 16.6. The first kappa shape index (κ1) is 32.5. The predicted molar refractivity (Wildman–Crippen MR) is 185 cm³/mol.